The summed E-state index contributed by atoms with van der Waals surface area (Å²) in [6.45, 7) is 4.72. The van der Waals surface area contributed by atoms with Crippen molar-refractivity contribution in [1.29, 1.82) is 0 Å². The molecule has 2 aromatic heterocycles. The summed E-state index contributed by atoms with van der Waals surface area (Å²) in [5, 5.41) is 7.30. The number of hydrogen-bond acceptors (Lipinski definition) is 3. The van der Waals surface area contributed by atoms with Gasteiger partial charge in [0.05, 0.1) is 11.4 Å². The first-order valence-corrected chi connectivity index (χ1v) is 21.7. The molecule has 1 aliphatic carbocycles. The lowest BCUT2D eigenvalue weighted by Gasteiger charge is -2.22. The lowest BCUT2D eigenvalue weighted by atomic mass is 9.81. The van der Waals surface area contributed by atoms with E-state index in [9.17, 15) is 0 Å². The molecule has 11 aromatic rings. The Kier molecular flexibility index (Phi) is 8.52. The Bertz CT molecular complexity index is 3570. The molecule has 9 aromatic carbocycles. The topological polar surface area (TPSA) is 38.7 Å². The molecule has 0 bridgehead atoms. The maximum Gasteiger partial charge on any atom is 0.161 e. The van der Waals surface area contributed by atoms with Gasteiger partial charge >= 0.3 is 0 Å². The molecule has 0 saturated carbocycles. The van der Waals surface area contributed by atoms with Gasteiger partial charge in [0.25, 0.3) is 0 Å². The van der Waals surface area contributed by atoms with Crippen LogP contribution in [0.5, 0.6) is 0 Å². The molecule has 0 spiro atoms. The van der Waals surface area contributed by atoms with Gasteiger partial charge in [-0.3, -0.25) is 4.98 Å². The Morgan fingerprint density at radius 2 is 0.841 bits per heavy atom. The first kappa shape index (κ1) is 36.8. The van der Waals surface area contributed by atoms with E-state index in [1.807, 2.05) is 18.3 Å². The highest BCUT2D eigenvalue weighted by molar-refractivity contribution is 6.12. The van der Waals surface area contributed by atoms with Gasteiger partial charge in [-0.05, 0) is 124 Å². The molecule has 0 unspecified atom stereocenters. The third-order valence-electron chi connectivity index (χ3n) is 13.2. The number of benzene rings is 9. The lowest BCUT2D eigenvalue weighted by molar-refractivity contribution is 0.661. The number of pyridine rings is 1. The second-order valence-electron chi connectivity index (χ2n) is 17.2. The van der Waals surface area contributed by atoms with E-state index in [1.54, 1.807) is 6.20 Å². The first-order valence-electron chi connectivity index (χ1n) is 21.7. The third-order valence-corrected chi connectivity index (χ3v) is 13.2. The van der Waals surface area contributed by atoms with Crippen molar-refractivity contribution in [3.8, 4) is 78.4 Å². The van der Waals surface area contributed by atoms with Crippen LogP contribution in [0.2, 0.25) is 0 Å². The van der Waals surface area contributed by atoms with Gasteiger partial charge < -0.3 is 0 Å². The van der Waals surface area contributed by atoms with E-state index in [-0.39, 0.29) is 5.41 Å². The minimum atomic E-state index is -0.0753. The van der Waals surface area contributed by atoms with Crippen LogP contribution in [0.4, 0.5) is 0 Å². The van der Waals surface area contributed by atoms with Crippen molar-refractivity contribution < 1.29 is 0 Å². The minimum Gasteiger partial charge on any atom is -0.264 e. The normalized spacial score (nSPS) is 12.7. The summed E-state index contributed by atoms with van der Waals surface area (Å²) in [6, 6.07) is 72.4. The van der Waals surface area contributed by atoms with E-state index in [0.717, 1.165) is 50.0 Å². The molecule has 0 aliphatic heterocycles. The molecule has 12 rings (SSSR count). The van der Waals surface area contributed by atoms with E-state index in [2.05, 4.69) is 207 Å². The molecule has 0 saturated heterocycles. The van der Waals surface area contributed by atoms with Crippen molar-refractivity contribution in [1.82, 2.24) is 15.0 Å². The van der Waals surface area contributed by atoms with Gasteiger partial charge in [0, 0.05) is 34.5 Å². The number of fused-ring (bicyclic) bond motifs is 6. The summed E-state index contributed by atoms with van der Waals surface area (Å²) in [7, 11) is 0. The number of nitrogens with zero attached hydrogens (tertiary/aromatic N) is 3. The molecule has 63 heavy (non-hydrogen) atoms. The van der Waals surface area contributed by atoms with Crippen LogP contribution in [-0.4, -0.2) is 15.0 Å². The summed E-state index contributed by atoms with van der Waals surface area (Å²) in [5.74, 6) is 0.694. The van der Waals surface area contributed by atoms with E-state index in [0.29, 0.717) is 5.82 Å². The van der Waals surface area contributed by atoms with E-state index < -0.39 is 0 Å². The molecular weight excluding hydrogens is 763 g/mol. The monoisotopic (exact) mass is 803 g/mol. The van der Waals surface area contributed by atoms with Gasteiger partial charge in [0.2, 0.25) is 0 Å². The second-order valence-corrected chi connectivity index (χ2v) is 17.2. The standard InChI is InChI=1S/C60H41N3/c1-60(2)55-31-26-43(34-53(55)54-33-41-15-6-7-16-42(41)35-56(54)60)45-27-28-50(47-19-9-8-18-46(45)47)51-29-30-52(49-21-11-10-20-48(49)51)59-62-57(39-13-4-3-5-14-39)36-58(63-59)40-24-22-38(23-25-40)44-17-12-32-61-37-44/h3-37H,1-2H3. The Balaban J connectivity index is 0.975. The van der Waals surface area contributed by atoms with Gasteiger partial charge in [-0.2, -0.15) is 0 Å². The van der Waals surface area contributed by atoms with Gasteiger partial charge in [0.1, 0.15) is 0 Å². The molecule has 3 nitrogen and oxygen atoms in total. The van der Waals surface area contributed by atoms with Crippen LogP contribution in [0.1, 0.15) is 25.0 Å². The zero-order valence-electron chi connectivity index (χ0n) is 35.0. The molecule has 0 amide bonds. The highest BCUT2D eigenvalue weighted by atomic mass is 14.9. The zero-order valence-corrected chi connectivity index (χ0v) is 35.0. The molecular formula is C60H41N3. The fraction of sp³-hybridized carbons (Fsp3) is 0.0500. The quantitative estimate of drug-likeness (QED) is 0.168. The van der Waals surface area contributed by atoms with E-state index >= 15 is 0 Å². The van der Waals surface area contributed by atoms with Crippen LogP contribution >= 0.6 is 0 Å². The summed E-state index contributed by atoms with van der Waals surface area (Å²) in [6.07, 6.45) is 3.70. The van der Waals surface area contributed by atoms with Gasteiger partial charge in [-0.1, -0.05) is 178 Å². The molecule has 0 fully saturated rings. The van der Waals surface area contributed by atoms with Crippen LogP contribution in [-0.2, 0) is 5.41 Å². The summed E-state index contributed by atoms with van der Waals surface area (Å²) in [5.41, 5.74) is 17.2. The molecule has 0 N–H and O–H groups in total. The molecule has 0 atom stereocenters. The fourth-order valence-electron chi connectivity index (χ4n) is 9.96. The maximum absolute atomic E-state index is 5.29. The predicted molar refractivity (Wildman–Crippen MR) is 263 cm³/mol. The smallest absolute Gasteiger partial charge is 0.161 e. The van der Waals surface area contributed by atoms with Gasteiger partial charge in [0.15, 0.2) is 5.82 Å². The summed E-state index contributed by atoms with van der Waals surface area (Å²) < 4.78 is 0. The summed E-state index contributed by atoms with van der Waals surface area (Å²) >= 11 is 0. The first-order chi connectivity index (χ1) is 31.0. The van der Waals surface area contributed by atoms with Crippen molar-refractivity contribution in [2.75, 3.05) is 0 Å². The molecule has 296 valence electrons. The zero-order chi connectivity index (χ0) is 42.1. The van der Waals surface area contributed by atoms with Crippen LogP contribution in [0.15, 0.2) is 213 Å². The molecule has 1 aliphatic rings. The van der Waals surface area contributed by atoms with Crippen LogP contribution < -0.4 is 0 Å². The van der Waals surface area contributed by atoms with Crippen LogP contribution in [0, 0.1) is 0 Å². The molecule has 3 heteroatoms. The highest BCUT2D eigenvalue weighted by Crippen LogP contribution is 2.51. The van der Waals surface area contributed by atoms with Crippen LogP contribution in [0.3, 0.4) is 0 Å². The SMILES string of the molecule is CC1(C)c2ccc(-c3ccc(-c4ccc(-c5nc(-c6ccccc6)cc(-c6ccc(-c7cccnc7)cc6)n5)c5ccccc45)c4ccccc34)cc2-c2cc3ccccc3cc21. The Morgan fingerprint density at radius 3 is 1.51 bits per heavy atom. The third kappa shape index (κ3) is 6.15. The van der Waals surface area contributed by atoms with E-state index in [1.165, 1.54) is 66.1 Å². The summed E-state index contributed by atoms with van der Waals surface area (Å²) in [4.78, 5) is 14.9. The van der Waals surface area contributed by atoms with Gasteiger partial charge in [-0.25, -0.2) is 9.97 Å². The van der Waals surface area contributed by atoms with Crippen molar-refractivity contribution in [3.05, 3.63) is 224 Å². The average molecular weight is 804 g/mol. The Hall–Kier alpha value is -8.01. The predicted octanol–water partition coefficient (Wildman–Crippen LogP) is 15.6. The van der Waals surface area contributed by atoms with Crippen molar-refractivity contribution in [2.45, 2.75) is 19.3 Å². The number of aromatic nitrogens is 3. The Morgan fingerprint density at radius 1 is 0.333 bits per heavy atom. The maximum atomic E-state index is 5.29. The van der Waals surface area contributed by atoms with Gasteiger partial charge in [-0.15, -0.1) is 0 Å². The van der Waals surface area contributed by atoms with Crippen molar-refractivity contribution in [2.24, 2.45) is 0 Å². The highest BCUT2D eigenvalue weighted by Gasteiger charge is 2.36. The number of rotatable bonds is 6. The van der Waals surface area contributed by atoms with Crippen LogP contribution in [0.25, 0.3) is 111 Å². The Labute approximate surface area is 367 Å². The second kappa shape index (κ2) is 14.6. The fourth-order valence-corrected chi connectivity index (χ4v) is 9.96. The minimum absolute atomic E-state index is 0.0753. The van der Waals surface area contributed by atoms with Crippen molar-refractivity contribution in [3.63, 3.8) is 0 Å². The van der Waals surface area contributed by atoms with Crippen molar-refractivity contribution >= 4 is 32.3 Å². The lowest BCUT2D eigenvalue weighted by Crippen LogP contribution is -2.14. The average Bonchev–Trinajstić information content (AvgIpc) is 3.57. The molecule has 0 radical (unpaired) electrons. The van der Waals surface area contributed by atoms with E-state index in [4.69, 9.17) is 9.97 Å². The molecule has 2 heterocycles. The largest absolute Gasteiger partial charge is 0.264 e. The number of hydrogen-bond donors (Lipinski definition) is 0.